The summed E-state index contributed by atoms with van der Waals surface area (Å²) in [4.78, 5) is 28.8. The summed E-state index contributed by atoms with van der Waals surface area (Å²) in [5, 5.41) is 0. The smallest absolute Gasteiger partial charge is 0.338 e. The number of aryl methyl sites for hydroxylation is 2. The first kappa shape index (κ1) is 30.6. The maximum absolute atomic E-state index is 14.1. The average molecular weight is 610 g/mol. The van der Waals surface area contributed by atoms with Gasteiger partial charge in [0.2, 0.25) is 0 Å². The SMILES string of the molecule is Cc1ncnc(C)c1C(=O)N1CCC(C)(N2CCN([C@H](Cc3cccc(F)c3)c3ccc(C(F)(F)F)cc3)C3(CC3)C2)CC1. The van der Waals surface area contributed by atoms with Crippen molar-refractivity contribution in [1.82, 2.24) is 24.7 Å². The van der Waals surface area contributed by atoms with Crippen LogP contribution in [-0.4, -0.2) is 74.4 Å². The van der Waals surface area contributed by atoms with Crippen molar-refractivity contribution >= 4 is 5.91 Å². The molecule has 1 aliphatic carbocycles. The van der Waals surface area contributed by atoms with Crippen molar-refractivity contribution in [2.75, 3.05) is 32.7 Å². The Balaban J connectivity index is 1.19. The van der Waals surface area contributed by atoms with Crippen LogP contribution >= 0.6 is 0 Å². The van der Waals surface area contributed by atoms with Crippen molar-refractivity contribution in [3.05, 3.63) is 94.3 Å². The van der Waals surface area contributed by atoms with Gasteiger partial charge >= 0.3 is 6.18 Å². The van der Waals surface area contributed by atoms with Crippen LogP contribution in [0.25, 0.3) is 0 Å². The van der Waals surface area contributed by atoms with E-state index >= 15 is 0 Å². The number of benzene rings is 2. The van der Waals surface area contributed by atoms with E-state index in [1.807, 2.05) is 24.8 Å². The minimum absolute atomic E-state index is 0.0112. The molecule has 0 radical (unpaired) electrons. The van der Waals surface area contributed by atoms with Gasteiger partial charge in [0.15, 0.2) is 0 Å². The molecule has 0 N–H and O–H groups in total. The Morgan fingerprint density at radius 1 is 0.932 bits per heavy atom. The Morgan fingerprint density at radius 3 is 2.18 bits per heavy atom. The van der Waals surface area contributed by atoms with Crippen LogP contribution in [-0.2, 0) is 12.6 Å². The van der Waals surface area contributed by atoms with Gasteiger partial charge in [-0.25, -0.2) is 14.4 Å². The molecule has 2 saturated heterocycles. The third-order valence-corrected chi connectivity index (χ3v) is 10.2. The molecule has 10 heteroatoms. The maximum atomic E-state index is 14.1. The molecule has 6 nitrogen and oxygen atoms in total. The van der Waals surface area contributed by atoms with Gasteiger partial charge in [0.1, 0.15) is 12.1 Å². The predicted molar refractivity (Wildman–Crippen MR) is 160 cm³/mol. The number of hydrogen-bond acceptors (Lipinski definition) is 5. The van der Waals surface area contributed by atoms with Gasteiger partial charge in [-0.15, -0.1) is 0 Å². The molecule has 1 atom stereocenters. The molecule has 3 fully saturated rings. The molecule has 3 aliphatic rings. The molecule has 6 rings (SSSR count). The lowest BCUT2D eigenvalue weighted by Gasteiger charge is -2.54. The van der Waals surface area contributed by atoms with Crippen molar-refractivity contribution in [3.63, 3.8) is 0 Å². The van der Waals surface area contributed by atoms with E-state index in [0.29, 0.717) is 36.5 Å². The van der Waals surface area contributed by atoms with Crippen LogP contribution in [0.4, 0.5) is 17.6 Å². The second kappa shape index (κ2) is 11.5. The van der Waals surface area contributed by atoms with E-state index in [4.69, 9.17) is 0 Å². The Bertz CT molecular complexity index is 1490. The Labute approximate surface area is 256 Å². The lowest BCUT2D eigenvalue weighted by Crippen LogP contribution is -2.64. The van der Waals surface area contributed by atoms with Crippen LogP contribution in [0.5, 0.6) is 0 Å². The van der Waals surface area contributed by atoms with Gasteiger partial charge < -0.3 is 4.90 Å². The summed E-state index contributed by atoms with van der Waals surface area (Å²) in [6, 6.07) is 11.8. The predicted octanol–water partition coefficient (Wildman–Crippen LogP) is 6.38. The summed E-state index contributed by atoms with van der Waals surface area (Å²) in [5.41, 5.74) is 2.81. The Morgan fingerprint density at radius 2 is 1.59 bits per heavy atom. The number of alkyl halides is 3. The zero-order valence-electron chi connectivity index (χ0n) is 25.5. The number of piperidine rings is 1. The highest BCUT2D eigenvalue weighted by molar-refractivity contribution is 5.96. The molecule has 234 valence electrons. The molecule has 0 unspecified atom stereocenters. The summed E-state index contributed by atoms with van der Waals surface area (Å²) in [5.74, 6) is -0.328. The number of likely N-dealkylation sites (tertiary alicyclic amines) is 1. The van der Waals surface area contributed by atoms with E-state index in [2.05, 4.69) is 26.7 Å². The van der Waals surface area contributed by atoms with Crippen LogP contribution in [0.1, 0.15) is 77.1 Å². The number of aromatic nitrogens is 2. The van der Waals surface area contributed by atoms with E-state index < -0.39 is 11.7 Å². The van der Waals surface area contributed by atoms with Gasteiger partial charge in [0.25, 0.3) is 5.91 Å². The summed E-state index contributed by atoms with van der Waals surface area (Å²) in [6.07, 6.45) is 1.33. The quantitative estimate of drug-likeness (QED) is 0.304. The number of rotatable bonds is 6. The summed E-state index contributed by atoms with van der Waals surface area (Å²) >= 11 is 0. The molecule has 0 bridgehead atoms. The van der Waals surface area contributed by atoms with Crippen molar-refractivity contribution in [1.29, 1.82) is 0 Å². The van der Waals surface area contributed by atoms with Gasteiger partial charge in [0, 0.05) is 49.8 Å². The second-order valence-corrected chi connectivity index (χ2v) is 13.0. The van der Waals surface area contributed by atoms with Crippen LogP contribution in [0.2, 0.25) is 0 Å². The van der Waals surface area contributed by atoms with Crippen molar-refractivity contribution in [3.8, 4) is 0 Å². The molecule has 1 aromatic heterocycles. The molecular weight excluding hydrogens is 570 g/mol. The Hall–Kier alpha value is -3.37. The van der Waals surface area contributed by atoms with E-state index in [-0.39, 0.29) is 28.8 Å². The number of nitrogens with zero attached hydrogens (tertiary/aromatic N) is 5. The van der Waals surface area contributed by atoms with Gasteiger partial charge in [-0.1, -0.05) is 24.3 Å². The van der Waals surface area contributed by atoms with Gasteiger partial charge in [-0.2, -0.15) is 13.2 Å². The fraction of sp³-hybridized carbons (Fsp3) is 0.500. The molecular formula is C34H39F4N5O. The van der Waals surface area contributed by atoms with Crippen molar-refractivity contribution in [2.24, 2.45) is 0 Å². The number of amides is 1. The number of hydrogen-bond donors (Lipinski definition) is 0. The minimum Gasteiger partial charge on any atom is -0.338 e. The van der Waals surface area contributed by atoms with E-state index in [0.717, 1.165) is 68.6 Å². The van der Waals surface area contributed by atoms with Crippen molar-refractivity contribution in [2.45, 2.75) is 76.2 Å². The first-order chi connectivity index (χ1) is 20.9. The normalized spacial score (nSPS) is 20.9. The lowest BCUT2D eigenvalue weighted by molar-refractivity contribution is -0.137. The number of halogens is 4. The first-order valence-corrected chi connectivity index (χ1v) is 15.4. The van der Waals surface area contributed by atoms with Gasteiger partial charge in [0.05, 0.1) is 22.5 Å². The Kier molecular flexibility index (Phi) is 8.03. The highest BCUT2D eigenvalue weighted by atomic mass is 19.4. The average Bonchev–Trinajstić information content (AvgIpc) is 3.75. The molecule has 1 spiro atoms. The number of carbonyl (C=O) groups is 1. The topological polar surface area (TPSA) is 52.6 Å². The first-order valence-electron chi connectivity index (χ1n) is 15.4. The molecule has 44 heavy (non-hydrogen) atoms. The molecule has 3 aromatic rings. The largest absolute Gasteiger partial charge is 0.416 e. The second-order valence-electron chi connectivity index (χ2n) is 13.0. The highest BCUT2D eigenvalue weighted by Crippen LogP contribution is 2.50. The number of carbonyl (C=O) groups excluding carboxylic acids is 1. The summed E-state index contributed by atoms with van der Waals surface area (Å²) < 4.78 is 54.2. The standard InChI is InChI=1S/C34H39F4N5O/c1-23-30(24(2)40-22-39-23)31(44)41-15-13-32(3,14-16-41)42-17-18-43(33(21-42)11-12-33)29(20-25-5-4-6-28(35)19-25)26-7-9-27(10-8-26)34(36,37)38/h4-10,19,22,29H,11-18,20-21H2,1-3H3/t29-/m1/s1. The van der Waals surface area contributed by atoms with Gasteiger partial charge in [-0.05, 0) is 88.3 Å². The van der Waals surface area contributed by atoms with Crippen LogP contribution < -0.4 is 0 Å². The van der Waals surface area contributed by atoms with Crippen LogP contribution in [0.3, 0.4) is 0 Å². The van der Waals surface area contributed by atoms with Crippen molar-refractivity contribution < 1.29 is 22.4 Å². The van der Waals surface area contributed by atoms with E-state index in [1.165, 1.54) is 18.5 Å². The monoisotopic (exact) mass is 609 g/mol. The minimum atomic E-state index is -4.40. The molecule has 3 heterocycles. The molecule has 1 saturated carbocycles. The zero-order chi connectivity index (χ0) is 31.3. The third-order valence-electron chi connectivity index (χ3n) is 10.2. The highest BCUT2D eigenvalue weighted by Gasteiger charge is 2.55. The zero-order valence-corrected chi connectivity index (χ0v) is 25.5. The van der Waals surface area contributed by atoms with Gasteiger partial charge in [-0.3, -0.25) is 14.6 Å². The fourth-order valence-electron chi connectivity index (χ4n) is 7.29. The molecule has 1 amide bonds. The molecule has 2 aliphatic heterocycles. The lowest BCUT2D eigenvalue weighted by atomic mass is 9.85. The van der Waals surface area contributed by atoms with E-state index in [1.54, 1.807) is 18.2 Å². The summed E-state index contributed by atoms with van der Waals surface area (Å²) in [7, 11) is 0. The van der Waals surface area contributed by atoms with Crippen LogP contribution in [0.15, 0.2) is 54.9 Å². The third kappa shape index (κ3) is 5.98. The van der Waals surface area contributed by atoms with Crippen LogP contribution in [0, 0.1) is 19.7 Å². The summed E-state index contributed by atoms with van der Waals surface area (Å²) in [6.45, 7) is 9.74. The fourth-order valence-corrected chi connectivity index (χ4v) is 7.29. The number of piperazine rings is 1. The maximum Gasteiger partial charge on any atom is 0.416 e. The molecule has 2 aromatic carbocycles. The van der Waals surface area contributed by atoms with E-state index in [9.17, 15) is 22.4 Å².